The first kappa shape index (κ1) is 41.1. The Bertz CT molecular complexity index is 2820. The summed E-state index contributed by atoms with van der Waals surface area (Å²) in [5.41, 5.74) is 23.2. The molecule has 7 aromatic rings. The van der Waals surface area contributed by atoms with Crippen LogP contribution in [0.25, 0.3) is 22.3 Å². The molecule has 11 rings (SSSR count). The lowest BCUT2D eigenvalue weighted by molar-refractivity contribution is 0.332. The van der Waals surface area contributed by atoms with Gasteiger partial charge in [0.25, 0.3) is 0 Å². The van der Waals surface area contributed by atoms with Gasteiger partial charge in [0, 0.05) is 16.9 Å². The van der Waals surface area contributed by atoms with Crippen LogP contribution in [0.4, 0.5) is 17.1 Å². The average Bonchev–Trinajstić information content (AvgIpc) is 3.60. The first-order valence-corrected chi connectivity index (χ1v) is 24.3. The van der Waals surface area contributed by atoms with Crippen LogP contribution in [0.2, 0.25) is 0 Å². The highest BCUT2D eigenvalue weighted by Gasteiger charge is 2.47. The van der Waals surface area contributed by atoms with E-state index in [-0.39, 0.29) is 21.7 Å². The molecule has 0 saturated carbocycles. The van der Waals surface area contributed by atoms with Crippen molar-refractivity contribution in [3.8, 4) is 22.3 Å². The number of anilines is 3. The molecule has 0 atom stereocenters. The Morgan fingerprint density at radius 2 is 0.859 bits per heavy atom. The minimum atomic E-state index is -0.521. The first-order valence-electron chi connectivity index (χ1n) is 24.3. The predicted octanol–water partition coefficient (Wildman–Crippen LogP) is 16.8. The standard InChI is InChI=1S/C63H65N/c1-59(2)34-36-61(5,6)56-38-45(30-32-53(56)59)64(46-31-33-54-57(39-46)62(7,8)37-35-60(54,3)4)58-41-55-50(40-51(58)48-28-19-21-42-20-15-16-26-47(42)48)49-27-17-18-29-52(49)63(55,43-22-11-9-12-23-43)44-24-13-10-14-25-44/h9-14,17-19,21-25,27-33,38-41H,15-16,20,26,34-37H2,1-8H3. The Hall–Kier alpha value is -5.66. The van der Waals surface area contributed by atoms with Gasteiger partial charge in [0.1, 0.15) is 0 Å². The number of benzene rings is 7. The van der Waals surface area contributed by atoms with Gasteiger partial charge < -0.3 is 4.90 Å². The van der Waals surface area contributed by atoms with E-state index in [9.17, 15) is 0 Å². The Kier molecular flexibility index (Phi) is 9.42. The molecule has 0 saturated heterocycles. The maximum absolute atomic E-state index is 2.69. The average molecular weight is 836 g/mol. The van der Waals surface area contributed by atoms with Crippen molar-refractivity contribution in [2.45, 2.75) is 134 Å². The Balaban J connectivity index is 1.29. The van der Waals surface area contributed by atoms with Gasteiger partial charge in [-0.15, -0.1) is 0 Å². The number of hydrogen-bond acceptors (Lipinski definition) is 1. The minimum absolute atomic E-state index is 0.0606. The summed E-state index contributed by atoms with van der Waals surface area (Å²) in [7, 11) is 0. The van der Waals surface area contributed by atoms with Crippen molar-refractivity contribution in [3.63, 3.8) is 0 Å². The largest absolute Gasteiger partial charge is 0.310 e. The van der Waals surface area contributed by atoms with Gasteiger partial charge in [0.15, 0.2) is 0 Å². The van der Waals surface area contributed by atoms with E-state index in [1.54, 1.807) is 0 Å². The molecule has 0 bridgehead atoms. The summed E-state index contributed by atoms with van der Waals surface area (Å²) >= 11 is 0. The Labute approximate surface area is 383 Å². The molecule has 0 spiro atoms. The third-order valence-electron chi connectivity index (χ3n) is 16.7. The number of nitrogens with zero attached hydrogens (tertiary/aromatic N) is 1. The molecule has 0 radical (unpaired) electrons. The lowest BCUT2D eigenvalue weighted by Crippen LogP contribution is -2.34. The summed E-state index contributed by atoms with van der Waals surface area (Å²) in [4.78, 5) is 2.69. The van der Waals surface area contributed by atoms with Crippen LogP contribution in [0.15, 0.2) is 152 Å². The molecule has 1 nitrogen and oxygen atoms in total. The van der Waals surface area contributed by atoms with Crippen molar-refractivity contribution in [3.05, 3.63) is 207 Å². The summed E-state index contributed by atoms with van der Waals surface area (Å²) < 4.78 is 0. The van der Waals surface area contributed by atoms with E-state index in [0.717, 1.165) is 12.8 Å². The first-order chi connectivity index (χ1) is 30.7. The van der Waals surface area contributed by atoms with Crippen LogP contribution in [0.1, 0.15) is 150 Å². The zero-order valence-corrected chi connectivity index (χ0v) is 39.5. The molecule has 322 valence electrons. The topological polar surface area (TPSA) is 3.24 Å². The molecule has 4 aliphatic carbocycles. The van der Waals surface area contributed by atoms with Gasteiger partial charge in [0.2, 0.25) is 0 Å². The van der Waals surface area contributed by atoms with Gasteiger partial charge in [-0.05, 0) is 182 Å². The fourth-order valence-electron chi connectivity index (χ4n) is 12.8. The second kappa shape index (κ2) is 14.7. The fourth-order valence-corrected chi connectivity index (χ4v) is 12.8. The summed E-state index contributed by atoms with van der Waals surface area (Å²) in [6.07, 6.45) is 9.48. The second-order valence-corrected chi connectivity index (χ2v) is 22.4. The molecule has 7 aromatic carbocycles. The predicted molar refractivity (Wildman–Crippen MR) is 271 cm³/mol. The molecule has 0 unspecified atom stereocenters. The summed E-state index contributed by atoms with van der Waals surface area (Å²) in [6, 6.07) is 59.5. The van der Waals surface area contributed by atoms with Crippen LogP contribution in [0, 0.1) is 0 Å². The van der Waals surface area contributed by atoms with Crippen LogP contribution in [-0.4, -0.2) is 0 Å². The second-order valence-electron chi connectivity index (χ2n) is 22.4. The highest BCUT2D eigenvalue weighted by molar-refractivity contribution is 5.97. The van der Waals surface area contributed by atoms with Crippen LogP contribution < -0.4 is 4.90 Å². The van der Waals surface area contributed by atoms with Gasteiger partial charge in [-0.1, -0.05) is 171 Å². The van der Waals surface area contributed by atoms with Crippen LogP contribution >= 0.6 is 0 Å². The molecule has 0 heterocycles. The summed E-state index contributed by atoms with van der Waals surface area (Å²) in [5.74, 6) is 0. The van der Waals surface area contributed by atoms with Gasteiger partial charge in [0.05, 0.1) is 11.1 Å². The van der Waals surface area contributed by atoms with Gasteiger partial charge >= 0.3 is 0 Å². The smallest absolute Gasteiger partial charge is 0.0714 e. The summed E-state index contributed by atoms with van der Waals surface area (Å²) in [5, 5.41) is 0. The highest BCUT2D eigenvalue weighted by atomic mass is 15.1. The summed E-state index contributed by atoms with van der Waals surface area (Å²) in [6.45, 7) is 19.7. The SMILES string of the molecule is CC1(C)CCC(C)(C)c2cc(N(c3ccc4c(c3)C(C)(C)CCC4(C)C)c3cc4c(cc3-c3cccc5c3CCCC5)-c3ccccc3C4(c3ccccc3)c3ccccc3)ccc21. The van der Waals surface area contributed by atoms with Crippen molar-refractivity contribution in [2.24, 2.45) is 0 Å². The van der Waals surface area contributed by atoms with E-state index in [4.69, 9.17) is 0 Å². The van der Waals surface area contributed by atoms with Crippen molar-refractivity contribution in [2.75, 3.05) is 4.90 Å². The third-order valence-corrected chi connectivity index (χ3v) is 16.7. The normalized spacial score (nSPS) is 19.1. The fraction of sp³-hybridized carbons (Fsp3) is 0.333. The van der Waals surface area contributed by atoms with Crippen LogP contribution in [0.3, 0.4) is 0 Å². The zero-order valence-electron chi connectivity index (χ0n) is 39.5. The molecular weight excluding hydrogens is 771 g/mol. The lowest BCUT2D eigenvalue weighted by Gasteiger charge is -2.43. The van der Waals surface area contributed by atoms with E-state index in [0.29, 0.717) is 0 Å². The van der Waals surface area contributed by atoms with Gasteiger partial charge in [-0.3, -0.25) is 0 Å². The van der Waals surface area contributed by atoms with Crippen molar-refractivity contribution < 1.29 is 0 Å². The lowest BCUT2D eigenvalue weighted by atomic mass is 9.63. The monoisotopic (exact) mass is 836 g/mol. The van der Waals surface area contributed by atoms with E-state index in [1.165, 1.54) is 133 Å². The Morgan fingerprint density at radius 3 is 1.44 bits per heavy atom. The maximum Gasteiger partial charge on any atom is 0.0714 e. The maximum atomic E-state index is 2.69. The van der Waals surface area contributed by atoms with Crippen LogP contribution in [-0.2, 0) is 39.9 Å². The van der Waals surface area contributed by atoms with Crippen molar-refractivity contribution in [1.29, 1.82) is 0 Å². The molecular formula is C63H65N. The molecule has 1 heteroatoms. The number of hydrogen-bond donors (Lipinski definition) is 0. The number of fused-ring (bicyclic) bond motifs is 6. The molecule has 0 N–H and O–H groups in total. The zero-order chi connectivity index (χ0) is 44.2. The van der Waals surface area contributed by atoms with Crippen LogP contribution in [0.5, 0.6) is 0 Å². The van der Waals surface area contributed by atoms with Crippen molar-refractivity contribution in [1.82, 2.24) is 0 Å². The quantitative estimate of drug-likeness (QED) is 0.161. The third kappa shape index (κ3) is 6.24. The molecule has 0 aliphatic heterocycles. The molecule has 64 heavy (non-hydrogen) atoms. The molecule has 4 aliphatic rings. The Morgan fingerprint density at radius 1 is 0.359 bits per heavy atom. The molecule has 0 aromatic heterocycles. The van der Waals surface area contributed by atoms with Gasteiger partial charge in [-0.25, -0.2) is 0 Å². The number of rotatable bonds is 6. The van der Waals surface area contributed by atoms with E-state index >= 15 is 0 Å². The minimum Gasteiger partial charge on any atom is -0.310 e. The molecule has 0 fully saturated rings. The van der Waals surface area contributed by atoms with Gasteiger partial charge in [-0.2, -0.15) is 0 Å². The highest BCUT2D eigenvalue weighted by Crippen LogP contribution is 2.60. The molecule has 0 amide bonds. The van der Waals surface area contributed by atoms with E-state index in [2.05, 4.69) is 212 Å². The van der Waals surface area contributed by atoms with Crippen molar-refractivity contribution >= 4 is 17.1 Å². The van der Waals surface area contributed by atoms with E-state index in [1.807, 2.05) is 0 Å². The van der Waals surface area contributed by atoms with E-state index < -0.39 is 5.41 Å². The number of aryl methyl sites for hydroxylation is 1.